The highest BCUT2D eigenvalue weighted by Gasteiger charge is 2.30. The van der Waals surface area contributed by atoms with E-state index in [9.17, 15) is 9.90 Å². The molecule has 0 radical (unpaired) electrons. The third kappa shape index (κ3) is 3.56. The van der Waals surface area contributed by atoms with E-state index in [2.05, 4.69) is 4.99 Å². The first-order valence-corrected chi connectivity index (χ1v) is 9.79. The van der Waals surface area contributed by atoms with E-state index in [-0.39, 0.29) is 11.8 Å². The Kier molecular flexibility index (Phi) is 5.53. The number of thiazole rings is 2. The zero-order valence-corrected chi connectivity index (χ0v) is 16.3. The predicted octanol–water partition coefficient (Wildman–Crippen LogP) is 3.89. The van der Waals surface area contributed by atoms with Crippen LogP contribution in [-0.4, -0.2) is 30.5 Å². The van der Waals surface area contributed by atoms with E-state index >= 15 is 0 Å². The zero-order chi connectivity index (χ0) is 18.7. The molecule has 8 heteroatoms. The summed E-state index contributed by atoms with van der Waals surface area (Å²) in [6.07, 6.45) is 1.62. The number of carbonyl (C=O) groups is 1. The number of aromatic hydroxyl groups is 1. The second kappa shape index (κ2) is 7.84. The van der Waals surface area contributed by atoms with Crippen molar-refractivity contribution in [3.8, 4) is 11.6 Å². The van der Waals surface area contributed by atoms with E-state index in [1.807, 2.05) is 31.2 Å². The van der Waals surface area contributed by atoms with Gasteiger partial charge in [0.25, 0.3) is 0 Å². The number of aryl methyl sites for hydroxylation is 1. The summed E-state index contributed by atoms with van der Waals surface area (Å²) in [7, 11) is 0. The van der Waals surface area contributed by atoms with E-state index in [1.54, 1.807) is 24.5 Å². The monoisotopic (exact) mass is 391 g/mol. The molecule has 26 heavy (non-hydrogen) atoms. The minimum Gasteiger partial charge on any atom is -0.494 e. The highest BCUT2D eigenvalue weighted by atomic mass is 32.2. The number of hydrogen-bond acceptors (Lipinski definition) is 7. The number of aliphatic imine (C=N–C) groups is 1. The van der Waals surface area contributed by atoms with Gasteiger partial charge in [-0.2, -0.15) is 0 Å². The molecule has 0 amide bonds. The molecule has 0 aliphatic heterocycles. The maximum atomic E-state index is 12.0. The quantitative estimate of drug-likeness (QED) is 0.393. The minimum atomic E-state index is -0.366. The molecule has 3 rings (SSSR count). The largest absolute Gasteiger partial charge is 0.494 e. The van der Waals surface area contributed by atoms with E-state index in [0.29, 0.717) is 28.7 Å². The molecule has 0 fully saturated rings. The van der Waals surface area contributed by atoms with Crippen molar-refractivity contribution in [1.82, 2.24) is 0 Å². The second-order valence-corrected chi connectivity index (χ2v) is 7.60. The Morgan fingerprint density at radius 1 is 1.23 bits per heavy atom. The molecule has 2 aromatic heterocycles. The number of fused-ring (bicyclic) bond motifs is 1. The van der Waals surface area contributed by atoms with Gasteiger partial charge in [-0.3, -0.25) is 4.99 Å². The van der Waals surface area contributed by atoms with Crippen molar-refractivity contribution in [1.29, 1.82) is 0 Å². The van der Waals surface area contributed by atoms with Gasteiger partial charge in [-0.05, 0) is 60.8 Å². The van der Waals surface area contributed by atoms with Gasteiger partial charge in [-0.25, -0.2) is 4.79 Å². The van der Waals surface area contributed by atoms with Gasteiger partial charge in [0.1, 0.15) is 5.75 Å². The Morgan fingerprint density at radius 3 is 2.58 bits per heavy atom. The third-order valence-electron chi connectivity index (χ3n) is 3.60. The van der Waals surface area contributed by atoms with Gasteiger partial charge in [-0.1, -0.05) is 0 Å². The summed E-state index contributed by atoms with van der Waals surface area (Å²) < 4.78 is 12.9. The Hall–Kier alpha value is -2.45. The minimum absolute atomic E-state index is 0.0731. The summed E-state index contributed by atoms with van der Waals surface area (Å²) in [5, 5.41) is 10.5. The highest BCUT2D eigenvalue weighted by molar-refractivity contribution is 7.37. The average molecular weight is 391 g/mol. The summed E-state index contributed by atoms with van der Waals surface area (Å²) in [4.78, 5) is 17.5. The molecule has 3 aromatic rings. The Labute approximate surface area is 159 Å². The molecule has 0 unspecified atom stereocenters. The molecule has 0 aliphatic carbocycles. The number of rotatable bonds is 6. The van der Waals surface area contributed by atoms with E-state index in [4.69, 9.17) is 9.47 Å². The van der Waals surface area contributed by atoms with Gasteiger partial charge in [0.05, 0.1) is 25.1 Å². The molecule has 136 valence electrons. The Bertz CT molecular complexity index is 958. The lowest BCUT2D eigenvalue weighted by molar-refractivity contribution is -0.521. The first-order chi connectivity index (χ1) is 12.5. The predicted molar refractivity (Wildman–Crippen MR) is 103 cm³/mol. The number of hydrogen-bond donors (Lipinski definition) is 1. The molecule has 0 aliphatic rings. The van der Waals surface area contributed by atoms with Crippen LogP contribution in [0.25, 0.3) is 4.14 Å². The van der Waals surface area contributed by atoms with Gasteiger partial charge >= 0.3 is 16.0 Å². The zero-order valence-electron chi connectivity index (χ0n) is 14.7. The van der Waals surface area contributed by atoms with E-state index in [0.717, 1.165) is 15.6 Å². The van der Waals surface area contributed by atoms with Crippen molar-refractivity contribution >= 4 is 44.7 Å². The lowest BCUT2D eigenvalue weighted by atomic mass is 10.3. The molecular weight excluding hydrogens is 372 g/mol. The van der Waals surface area contributed by atoms with Crippen LogP contribution < -0.4 is 9.14 Å². The molecule has 1 aromatic carbocycles. The Balaban J connectivity index is 1.87. The maximum absolute atomic E-state index is 12.0. The summed E-state index contributed by atoms with van der Waals surface area (Å²) in [6.45, 7) is 6.43. The van der Waals surface area contributed by atoms with Crippen LogP contribution in [-0.2, 0) is 4.74 Å². The maximum Gasteiger partial charge on any atom is 0.392 e. The SMILES string of the molecule is CCOC(=O)c1sc2sc(C=Nc3ccc(OCC)cc3)c(O)[n+]2c1C. The van der Waals surface area contributed by atoms with Crippen molar-refractivity contribution in [2.45, 2.75) is 20.8 Å². The highest BCUT2D eigenvalue weighted by Crippen LogP contribution is 2.30. The van der Waals surface area contributed by atoms with Crippen molar-refractivity contribution < 1.29 is 23.8 Å². The normalized spacial score (nSPS) is 11.3. The standard InChI is InChI=1S/C18H18N2O4S2/c1-4-23-13-8-6-12(7-9-13)19-10-14-16(21)20-11(3)15(17(22)24-5-2)26-18(20)25-14/h6-10H,4-5H2,1-3H3/p+1. The number of nitrogens with zero attached hydrogens (tertiary/aromatic N) is 2. The van der Waals surface area contributed by atoms with Crippen LogP contribution >= 0.6 is 22.7 Å². The van der Waals surface area contributed by atoms with Crippen molar-refractivity contribution in [3.05, 3.63) is 39.7 Å². The van der Waals surface area contributed by atoms with Gasteiger partial charge in [-0.15, -0.1) is 4.40 Å². The number of esters is 1. The summed E-state index contributed by atoms with van der Waals surface area (Å²) in [5.74, 6) is 0.502. The summed E-state index contributed by atoms with van der Waals surface area (Å²) in [5.41, 5.74) is 1.43. The summed E-state index contributed by atoms with van der Waals surface area (Å²) >= 11 is 2.68. The van der Waals surface area contributed by atoms with Crippen molar-refractivity contribution in [2.75, 3.05) is 13.2 Å². The summed E-state index contributed by atoms with van der Waals surface area (Å²) in [6, 6.07) is 7.42. The lowest BCUT2D eigenvalue weighted by Gasteiger charge is -2.01. The van der Waals surface area contributed by atoms with Crippen LogP contribution in [0.5, 0.6) is 11.6 Å². The van der Waals surface area contributed by atoms with Crippen LogP contribution in [0.4, 0.5) is 5.69 Å². The molecule has 0 saturated carbocycles. The fraction of sp³-hybridized carbons (Fsp3) is 0.278. The second-order valence-electron chi connectivity index (χ2n) is 5.31. The molecule has 6 nitrogen and oxygen atoms in total. The van der Waals surface area contributed by atoms with Crippen LogP contribution in [0, 0.1) is 6.92 Å². The lowest BCUT2D eigenvalue weighted by Crippen LogP contribution is -2.21. The van der Waals surface area contributed by atoms with Gasteiger partial charge in [0, 0.05) is 6.92 Å². The van der Waals surface area contributed by atoms with Crippen LogP contribution in [0.2, 0.25) is 0 Å². The molecule has 2 heterocycles. The number of carbonyl (C=O) groups excluding carboxylic acids is 1. The van der Waals surface area contributed by atoms with Crippen molar-refractivity contribution in [3.63, 3.8) is 0 Å². The van der Waals surface area contributed by atoms with Gasteiger partial charge in [0.2, 0.25) is 5.69 Å². The smallest absolute Gasteiger partial charge is 0.392 e. The fourth-order valence-corrected chi connectivity index (χ4v) is 4.75. The van der Waals surface area contributed by atoms with E-state index < -0.39 is 0 Å². The first-order valence-electron chi connectivity index (χ1n) is 8.16. The first kappa shape index (κ1) is 18.3. The molecule has 0 bridgehead atoms. The number of ether oxygens (including phenoxy) is 2. The molecule has 0 saturated heterocycles. The topological polar surface area (TPSA) is 72.2 Å². The average Bonchev–Trinajstić information content (AvgIpc) is 3.12. The number of aromatic nitrogens is 1. The molecule has 0 atom stereocenters. The van der Waals surface area contributed by atoms with Crippen LogP contribution in [0.15, 0.2) is 29.3 Å². The fourth-order valence-electron chi connectivity index (χ4n) is 2.41. The molecular formula is C18H19N2O4S2+. The Morgan fingerprint density at radius 2 is 1.96 bits per heavy atom. The van der Waals surface area contributed by atoms with E-state index in [1.165, 1.54) is 22.7 Å². The molecule has 0 spiro atoms. The van der Waals surface area contributed by atoms with Crippen LogP contribution in [0.3, 0.4) is 0 Å². The van der Waals surface area contributed by atoms with Crippen LogP contribution in [0.1, 0.15) is 34.1 Å². The number of benzene rings is 1. The molecule has 1 N–H and O–H groups in total. The van der Waals surface area contributed by atoms with Gasteiger partial charge in [0.15, 0.2) is 9.75 Å². The third-order valence-corrected chi connectivity index (χ3v) is 5.99. The van der Waals surface area contributed by atoms with Gasteiger partial charge < -0.3 is 14.6 Å². The van der Waals surface area contributed by atoms with Crippen molar-refractivity contribution in [2.24, 2.45) is 4.99 Å².